The van der Waals surface area contributed by atoms with Crippen LogP contribution in [0.1, 0.15) is 24.5 Å². The van der Waals surface area contributed by atoms with Crippen molar-refractivity contribution < 1.29 is 5.11 Å². The molecule has 0 bridgehead atoms. The number of aliphatic hydroxyl groups is 1. The number of hydrogen-bond donors (Lipinski definition) is 1. The predicted molar refractivity (Wildman–Crippen MR) is 53.6 cm³/mol. The van der Waals surface area contributed by atoms with Crippen molar-refractivity contribution in [1.29, 1.82) is 0 Å². The number of aliphatic hydroxyl groups excluding tert-OH is 1. The van der Waals surface area contributed by atoms with Gasteiger partial charge >= 0.3 is 0 Å². The first-order chi connectivity index (χ1) is 6.31. The van der Waals surface area contributed by atoms with Crippen molar-refractivity contribution in [3.8, 4) is 0 Å². The Hall–Kier alpha value is -0.820. The van der Waals surface area contributed by atoms with Gasteiger partial charge in [0, 0.05) is 0 Å². The van der Waals surface area contributed by atoms with Gasteiger partial charge in [0.15, 0.2) is 0 Å². The molecule has 0 fully saturated rings. The molecule has 0 spiro atoms. The minimum Gasteiger partial charge on any atom is -0.392 e. The molecule has 1 aliphatic rings. The van der Waals surface area contributed by atoms with Crippen LogP contribution in [0.25, 0.3) is 0 Å². The first-order valence-electron chi connectivity index (χ1n) is 5.06. The summed E-state index contributed by atoms with van der Waals surface area (Å²) in [5.41, 5.74) is 2.76. The van der Waals surface area contributed by atoms with E-state index in [2.05, 4.69) is 31.2 Å². The first kappa shape index (κ1) is 8.76. The first-order valence-corrected chi connectivity index (χ1v) is 5.06. The molecule has 1 nitrogen and oxygen atoms in total. The highest BCUT2D eigenvalue weighted by molar-refractivity contribution is 5.30. The van der Waals surface area contributed by atoms with Crippen LogP contribution < -0.4 is 0 Å². The number of rotatable bonds is 1. The van der Waals surface area contributed by atoms with Crippen LogP contribution in [-0.2, 0) is 12.8 Å². The van der Waals surface area contributed by atoms with E-state index in [0.717, 1.165) is 19.3 Å². The van der Waals surface area contributed by atoms with Crippen molar-refractivity contribution in [3.05, 3.63) is 35.4 Å². The van der Waals surface area contributed by atoms with E-state index in [1.165, 1.54) is 11.1 Å². The third-order valence-corrected chi connectivity index (χ3v) is 3.10. The molecule has 1 aromatic rings. The van der Waals surface area contributed by atoms with Gasteiger partial charge in [-0.1, -0.05) is 37.6 Å². The molecule has 2 rings (SSSR count). The molecule has 13 heavy (non-hydrogen) atoms. The minimum absolute atomic E-state index is 0.125. The topological polar surface area (TPSA) is 20.2 Å². The lowest BCUT2D eigenvalue weighted by Crippen LogP contribution is -2.29. The van der Waals surface area contributed by atoms with Crippen molar-refractivity contribution in [2.24, 2.45) is 5.92 Å². The molecule has 0 saturated heterocycles. The van der Waals surface area contributed by atoms with E-state index in [1.54, 1.807) is 0 Å². The SMILES string of the molecule is CCC1Cc2ccccc2CC1O. The molecule has 1 N–H and O–H groups in total. The van der Waals surface area contributed by atoms with Crippen LogP contribution in [-0.4, -0.2) is 11.2 Å². The molecule has 0 saturated carbocycles. The quantitative estimate of drug-likeness (QED) is 0.695. The molecule has 0 radical (unpaired) electrons. The zero-order valence-electron chi connectivity index (χ0n) is 8.03. The van der Waals surface area contributed by atoms with Crippen LogP contribution in [0, 0.1) is 5.92 Å². The largest absolute Gasteiger partial charge is 0.392 e. The smallest absolute Gasteiger partial charge is 0.0611 e. The number of fused-ring (bicyclic) bond motifs is 1. The third-order valence-electron chi connectivity index (χ3n) is 3.10. The van der Waals surface area contributed by atoms with E-state index in [9.17, 15) is 5.11 Å². The van der Waals surface area contributed by atoms with Gasteiger partial charge in [0.2, 0.25) is 0 Å². The molecule has 0 aliphatic heterocycles. The van der Waals surface area contributed by atoms with Gasteiger partial charge in [-0.25, -0.2) is 0 Å². The van der Waals surface area contributed by atoms with Crippen molar-refractivity contribution in [1.82, 2.24) is 0 Å². The number of hydrogen-bond acceptors (Lipinski definition) is 1. The van der Waals surface area contributed by atoms with Crippen molar-refractivity contribution in [2.45, 2.75) is 32.3 Å². The monoisotopic (exact) mass is 176 g/mol. The molecule has 1 aromatic carbocycles. The average Bonchev–Trinajstić information content (AvgIpc) is 2.17. The molecule has 70 valence electrons. The summed E-state index contributed by atoms with van der Waals surface area (Å²) in [7, 11) is 0. The summed E-state index contributed by atoms with van der Waals surface area (Å²) in [4.78, 5) is 0. The molecule has 0 aromatic heterocycles. The van der Waals surface area contributed by atoms with Gasteiger partial charge in [-0.05, 0) is 29.9 Å². The highest BCUT2D eigenvalue weighted by atomic mass is 16.3. The second-order valence-corrected chi connectivity index (χ2v) is 3.91. The summed E-state index contributed by atoms with van der Waals surface area (Å²) < 4.78 is 0. The minimum atomic E-state index is -0.125. The Kier molecular flexibility index (Phi) is 2.36. The maximum Gasteiger partial charge on any atom is 0.0611 e. The fraction of sp³-hybridized carbons (Fsp3) is 0.500. The molecule has 1 aliphatic carbocycles. The predicted octanol–water partition coefficient (Wildman–Crippen LogP) is 2.17. The van der Waals surface area contributed by atoms with E-state index in [-0.39, 0.29) is 6.10 Å². The van der Waals surface area contributed by atoms with Crippen LogP contribution in [0.3, 0.4) is 0 Å². The van der Waals surface area contributed by atoms with E-state index < -0.39 is 0 Å². The lowest BCUT2D eigenvalue weighted by Gasteiger charge is -2.28. The Labute approximate surface area is 79.4 Å². The zero-order valence-corrected chi connectivity index (χ0v) is 8.03. The standard InChI is InChI=1S/C12H16O/c1-2-9-7-10-5-3-4-6-11(10)8-12(9)13/h3-6,9,12-13H,2,7-8H2,1H3. The van der Waals surface area contributed by atoms with E-state index in [1.807, 2.05) is 0 Å². The lowest BCUT2D eigenvalue weighted by molar-refractivity contribution is 0.0973. The third kappa shape index (κ3) is 1.61. The molecule has 0 amide bonds. The molecule has 0 heterocycles. The van der Waals surface area contributed by atoms with E-state index >= 15 is 0 Å². The molecule has 2 unspecified atom stereocenters. The Bertz CT molecular complexity index is 293. The second-order valence-electron chi connectivity index (χ2n) is 3.91. The number of benzene rings is 1. The molecule has 1 heteroatoms. The Morgan fingerprint density at radius 2 is 1.85 bits per heavy atom. The summed E-state index contributed by atoms with van der Waals surface area (Å²) in [6.45, 7) is 2.15. The van der Waals surface area contributed by atoms with Crippen molar-refractivity contribution in [3.63, 3.8) is 0 Å². The summed E-state index contributed by atoms with van der Waals surface area (Å²) >= 11 is 0. The van der Waals surface area contributed by atoms with Gasteiger partial charge in [-0.3, -0.25) is 0 Å². The van der Waals surface area contributed by atoms with Gasteiger partial charge < -0.3 is 5.11 Å². The van der Waals surface area contributed by atoms with Gasteiger partial charge in [0.1, 0.15) is 0 Å². The second kappa shape index (κ2) is 3.51. The van der Waals surface area contributed by atoms with E-state index in [4.69, 9.17) is 0 Å². The van der Waals surface area contributed by atoms with Crippen LogP contribution in [0.5, 0.6) is 0 Å². The van der Waals surface area contributed by atoms with Crippen molar-refractivity contribution in [2.75, 3.05) is 0 Å². The van der Waals surface area contributed by atoms with Gasteiger partial charge in [-0.2, -0.15) is 0 Å². The Morgan fingerprint density at radius 1 is 1.23 bits per heavy atom. The molecular formula is C12H16O. The fourth-order valence-corrected chi connectivity index (χ4v) is 2.18. The van der Waals surface area contributed by atoms with E-state index in [0.29, 0.717) is 5.92 Å². The Morgan fingerprint density at radius 3 is 2.46 bits per heavy atom. The van der Waals surface area contributed by atoms with Crippen LogP contribution in [0.4, 0.5) is 0 Å². The van der Waals surface area contributed by atoms with Crippen LogP contribution >= 0.6 is 0 Å². The fourth-order valence-electron chi connectivity index (χ4n) is 2.18. The van der Waals surface area contributed by atoms with Gasteiger partial charge in [0.25, 0.3) is 0 Å². The van der Waals surface area contributed by atoms with Crippen molar-refractivity contribution >= 4 is 0 Å². The summed E-state index contributed by atoms with van der Waals surface area (Å²) in [5.74, 6) is 0.467. The summed E-state index contributed by atoms with van der Waals surface area (Å²) in [6, 6.07) is 8.45. The summed E-state index contributed by atoms with van der Waals surface area (Å²) in [6.07, 6.45) is 2.85. The highest BCUT2D eigenvalue weighted by Crippen LogP contribution is 2.27. The summed E-state index contributed by atoms with van der Waals surface area (Å²) in [5, 5.41) is 9.82. The molecular weight excluding hydrogens is 160 g/mol. The van der Waals surface area contributed by atoms with Gasteiger partial charge in [0.05, 0.1) is 6.10 Å². The lowest BCUT2D eigenvalue weighted by atomic mass is 9.80. The van der Waals surface area contributed by atoms with Crippen LogP contribution in [0.2, 0.25) is 0 Å². The maximum absolute atomic E-state index is 9.82. The maximum atomic E-state index is 9.82. The van der Waals surface area contributed by atoms with Gasteiger partial charge in [-0.15, -0.1) is 0 Å². The Balaban J connectivity index is 2.27. The average molecular weight is 176 g/mol. The normalized spacial score (nSPS) is 26.9. The van der Waals surface area contributed by atoms with Crippen LogP contribution in [0.15, 0.2) is 24.3 Å². The molecule has 2 atom stereocenters. The highest BCUT2D eigenvalue weighted by Gasteiger charge is 2.24. The zero-order chi connectivity index (χ0) is 9.26.